The number of rotatable bonds is 5. The quantitative estimate of drug-likeness (QED) is 0.800. The lowest BCUT2D eigenvalue weighted by Gasteiger charge is -2.17. The molecule has 0 fully saturated rings. The molecule has 132 valence electrons. The first-order valence-corrected chi connectivity index (χ1v) is 7.99. The largest absolute Gasteiger partial charge is 0.355 e. The van der Waals surface area contributed by atoms with E-state index in [4.69, 9.17) is 0 Å². The van der Waals surface area contributed by atoms with Crippen molar-refractivity contribution in [1.82, 2.24) is 24.0 Å². The molecule has 0 spiro atoms. The molecule has 0 atom stereocenters. The highest BCUT2D eigenvalue weighted by molar-refractivity contribution is 5.78. The molecule has 8 nitrogen and oxygen atoms in total. The Labute approximate surface area is 140 Å². The van der Waals surface area contributed by atoms with Crippen molar-refractivity contribution in [2.45, 2.75) is 40.2 Å². The summed E-state index contributed by atoms with van der Waals surface area (Å²) in [5, 5.41) is 2.85. The van der Waals surface area contributed by atoms with Crippen LogP contribution in [0.15, 0.2) is 15.9 Å². The van der Waals surface area contributed by atoms with Crippen LogP contribution in [0.4, 0.5) is 0 Å². The third-order valence-electron chi connectivity index (χ3n) is 3.96. The van der Waals surface area contributed by atoms with Crippen LogP contribution in [0.3, 0.4) is 0 Å². The van der Waals surface area contributed by atoms with Crippen molar-refractivity contribution in [3.05, 3.63) is 27.2 Å². The van der Waals surface area contributed by atoms with E-state index in [0.717, 1.165) is 17.4 Å². The maximum absolute atomic E-state index is 12.3. The number of hydrogen-bond acceptors (Lipinski definition) is 4. The van der Waals surface area contributed by atoms with E-state index in [1.54, 1.807) is 7.05 Å². The van der Waals surface area contributed by atoms with Gasteiger partial charge in [0.15, 0.2) is 11.2 Å². The van der Waals surface area contributed by atoms with Gasteiger partial charge in [-0.3, -0.25) is 18.7 Å². The molecule has 8 heteroatoms. The van der Waals surface area contributed by atoms with E-state index < -0.39 is 11.2 Å². The second-order valence-corrected chi connectivity index (χ2v) is 7.26. The highest BCUT2D eigenvalue weighted by Crippen LogP contribution is 2.19. The van der Waals surface area contributed by atoms with E-state index in [9.17, 15) is 14.4 Å². The van der Waals surface area contributed by atoms with Gasteiger partial charge in [-0.05, 0) is 18.3 Å². The van der Waals surface area contributed by atoms with Crippen molar-refractivity contribution in [2.24, 2.45) is 19.5 Å². The van der Waals surface area contributed by atoms with Crippen molar-refractivity contribution in [3.8, 4) is 0 Å². The Morgan fingerprint density at radius 2 is 1.88 bits per heavy atom. The number of carbonyl (C=O) groups is 1. The first-order chi connectivity index (χ1) is 11.1. The minimum atomic E-state index is -0.453. The maximum atomic E-state index is 12.3. The summed E-state index contributed by atoms with van der Waals surface area (Å²) in [6.45, 7) is 7.07. The number of carbonyl (C=O) groups excluding carboxylic acids is 1. The molecule has 0 aliphatic rings. The first kappa shape index (κ1) is 18.0. The number of nitrogens with one attached hydrogen (secondary N) is 1. The predicted octanol–water partition coefficient (Wildman–Crippen LogP) is 0.376. The molecule has 2 aromatic heterocycles. The molecule has 2 rings (SSSR count). The highest BCUT2D eigenvalue weighted by Gasteiger charge is 2.16. The van der Waals surface area contributed by atoms with Crippen molar-refractivity contribution < 1.29 is 4.79 Å². The second kappa shape index (κ2) is 6.62. The molecule has 0 bridgehead atoms. The average molecular weight is 335 g/mol. The smallest absolute Gasteiger partial charge is 0.332 e. The molecular weight excluding hydrogens is 310 g/mol. The third-order valence-corrected chi connectivity index (χ3v) is 3.96. The summed E-state index contributed by atoms with van der Waals surface area (Å²) in [4.78, 5) is 40.4. The van der Waals surface area contributed by atoms with Crippen molar-refractivity contribution in [2.75, 3.05) is 6.54 Å². The number of aromatic nitrogens is 4. The summed E-state index contributed by atoms with van der Waals surface area (Å²) in [6.07, 6.45) is 3.33. The average Bonchev–Trinajstić information content (AvgIpc) is 2.90. The summed E-state index contributed by atoms with van der Waals surface area (Å²) in [6, 6.07) is 0. The Morgan fingerprint density at radius 1 is 1.21 bits per heavy atom. The maximum Gasteiger partial charge on any atom is 0.332 e. The number of nitrogens with zero attached hydrogens (tertiary/aromatic N) is 4. The summed E-state index contributed by atoms with van der Waals surface area (Å²) in [5.74, 6) is -0.181. The lowest BCUT2D eigenvalue weighted by Crippen LogP contribution is -2.38. The van der Waals surface area contributed by atoms with Crippen LogP contribution in [-0.4, -0.2) is 31.1 Å². The molecule has 0 radical (unpaired) electrons. The molecule has 0 unspecified atom stereocenters. The normalized spacial score (nSPS) is 11.9. The lowest BCUT2D eigenvalue weighted by molar-refractivity contribution is -0.121. The van der Waals surface area contributed by atoms with Gasteiger partial charge in [-0.2, -0.15) is 0 Å². The van der Waals surface area contributed by atoms with Crippen LogP contribution in [0.2, 0.25) is 0 Å². The van der Waals surface area contributed by atoms with Gasteiger partial charge >= 0.3 is 5.69 Å². The summed E-state index contributed by atoms with van der Waals surface area (Å²) >= 11 is 0. The Hall–Kier alpha value is -2.38. The predicted molar refractivity (Wildman–Crippen MR) is 91.9 cm³/mol. The van der Waals surface area contributed by atoms with E-state index >= 15 is 0 Å². The Kier molecular flexibility index (Phi) is 4.96. The third kappa shape index (κ3) is 3.74. The molecule has 0 aromatic carbocycles. The number of hydrogen-bond donors (Lipinski definition) is 1. The molecule has 1 amide bonds. The van der Waals surface area contributed by atoms with Gasteiger partial charge in [-0.1, -0.05) is 20.8 Å². The highest BCUT2D eigenvalue weighted by atomic mass is 16.2. The van der Waals surface area contributed by atoms with Crippen molar-refractivity contribution in [1.29, 1.82) is 0 Å². The van der Waals surface area contributed by atoms with E-state index in [1.165, 1.54) is 22.5 Å². The van der Waals surface area contributed by atoms with Gasteiger partial charge in [0.2, 0.25) is 5.91 Å². The van der Waals surface area contributed by atoms with Crippen LogP contribution in [-0.2, 0) is 25.4 Å². The molecule has 0 saturated heterocycles. The zero-order valence-corrected chi connectivity index (χ0v) is 14.9. The number of fused-ring (bicyclic) bond motifs is 1. The molecular formula is C16H25N5O3. The van der Waals surface area contributed by atoms with Gasteiger partial charge in [0, 0.05) is 20.6 Å². The van der Waals surface area contributed by atoms with Gasteiger partial charge in [-0.15, -0.1) is 0 Å². The van der Waals surface area contributed by atoms with Gasteiger partial charge in [0.05, 0.1) is 6.33 Å². The van der Waals surface area contributed by atoms with Crippen LogP contribution in [0, 0.1) is 5.41 Å². The van der Waals surface area contributed by atoms with E-state index in [0.29, 0.717) is 6.54 Å². The van der Waals surface area contributed by atoms with E-state index in [2.05, 4.69) is 31.1 Å². The molecule has 0 saturated carbocycles. The fourth-order valence-corrected chi connectivity index (χ4v) is 2.57. The SMILES string of the molecule is Cn1c(=O)c2c(ncn2CC(=O)NCCCC(C)(C)C)n(C)c1=O. The van der Waals surface area contributed by atoms with Crippen molar-refractivity contribution >= 4 is 17.1 Å². The first-order valence-electron chi connectivity index (χ1n) is 7.99. The fourth-order valence-electron chi connectivity index (χ4n) is 2.57. The number of aryl methyl sites for hydroxylation is 1. The summed E-state index contributed by atoms with van der Waals surface area (Å²) in [5.41, 5.74) is -0.119. The fraction of sp³-hybridized carbons (Fsp3) is 0.625. The Bertz CT molecular complexity index is 867. The molecule has 24 heavy (non-hydrogen) atoms. The lowest BCUT2D eigenvalue weighted by atomic mass is 9.91. The van der Waals surface area contributed by atoms with Gasteiger partial charge in [0.1, 0.15) is 6.54 Å². The summed E-state index contributed by atoms with van der Waals surface area (Å²) in [7, 11) is 2.96. The van der Waals surface area contributed by atoms with Crippen LogP contribution < -0.4 is 16.6 Å². The number of amides is 1. The van der Waals surface area contributed by atoms with Crippen LogP contribution in [0.1, 0.15) is 33.6 Å². The van der Waals surface area contributed by atoms with E-state index in [1.807, 2.05) is 0 Å². The second-order valence-electron chi connectivity index (χ2n) is 7.26. The van der Waals surface area contributed by atoms with Crippen LogP contribution >= 0.6 is 0 Å². The van der Waals surface area contributed by atoms with Crippen LogP contribution in [0.5, 0.6) is 0 Å². The molecule has 0 aliphatic carbocycles. The monoisotopic (exact) mass is 335 g/mol. The zero-order chi connectivity index (χ0) is 18.1. The van der Waals surface area contributed by atoms with Gasteiger partial charge in [0.25, 0.3) is 5.56 Å². The zero-order valence-electron chi connectivity index (χ0n) is 14.9. The van der Waals surface area contributed by atoms with Gasteiger partial charge in [-0.25, -0.2) is 9.78 Å². The number of imidazole rings is 1. The van der Waals surface area contributed by atoms with Crippen LogP contribution in [0.25, 0.3) is 11.2 Å². The topological polar surface area (TPSA) is 90.9 Å². The molecule has 2 aromatic rings. The molecule has 0 aliphatic heterocycles. The van der Waals surface area contributed by atoms with Gasteiger partial charge < -0.3 is 9.88 Å². The Morgan fingerprint density at radius 3 is 2.50 bits per heavy atom. The standard InChI is InChI=1S/C16H25N5O3/c1-16(2,3)7-6-8-17-11(22)9-21-10-18-13-12(21)14(23)20(5)15(24)19(13)4/h10H,6-9H2,1-5H3,(H,17,22). The minimum Gasteiger partial charge on any atom is -0.355 e. The Balaban J connectivity index is 2.12. The summed E-state index contributed by atoms with van der Waals surface area (Å²) < 4.78 is 3.80. The molecule has 1 N–H and O–H groups in total. The minimum absolute atomic E-state index is 0.000534. The molecule has 2 heterocycles. The van der Waals surface area contributed by atoms with E-state index in [-0.39, 0.29) is 29.0 Å². The van der Waals surface area contributed by atoms with Crippen molar-refractivity contribution in [3.63, 3.8) is 0 Å².